The molecular weight excluding hydrogens is 470 g/mol. The zero-order chi connectivity index (χ0) is 24.1. The van der Waals surface area contributed by atoms with Crippen molar-refractivity contribution in [2.24, 2.45) is 17.8 Å². The molecule has 4 aromatic heterocycles. The van der Waals surface area contributed by atoms with Crippen LogP contribution in [0.3, 0.4) is 0 Å². The summed E-state index contributed by atoms with van der Waals surface area (Å²) >= 11 is 6.08. The molecule has 176 valence electrons. The molecule has 3 saturated carbocycles. The number of aromatic nitrogens is 5. The van der Waals surface area contributed by atoms with Crippen LogP contribution in [-0.4, -0.2) is 42.0 Å². The Bertz CT molecular complexity index is 1480. The minimum Gasteiger partial charge on any atom is -0.481 e. The number of H-pyrrole nitrogens is 1. The van der Waals surface area contributed by atoms with Crippen LogP contribution < -0.4 is 5.32 Å². The summed E-state index contributed by atoms with van der Waals surface area (Å²) in [6.07, 6.45) is 7.03. The summed E-state index contributed by atoms with van der Waals surface area (Å²) in [6, 6.07) is 6.70. The van der Waals surface area contributed by atoms with Crippen LogP contribution in [0.5, 0.6) is 0 Å². The van der Waals surface area contributed by atoms with E-state index in [1.54, 1.807) is 24.4 Å². The highest BCUT2D eigenvalue weighted by molar-refractivity contribution is 6.29. The second-order valence-electron chi connectivity index (χ2n) is 9.04. The van der Waals surface area contributed by atoms with Gasteiger partial charge in [-0.2, -0.15) is 5.26 Å². The molecule has 0 amide bonds. The first-order chi connectivity index (χ1) is 17.0. The van der Waals surface area contributed by atoms with Gasteiger partial charge in [-0.1, -0.05) is 11.6 Å². The molecule has 3 N–H and O–H groups in total. The van der Waals surface area contributed by atoms with E-state index in [-0.39, 0.29) is 28.8 Å². The van der Waals surface area contributed by atoms with Gasteiger partial charge in [0.2, 0.25) is 5.76 Å². The van der Waals surface area contributed by atoms with Gasteiger partial charge in [0.15, 0.2) is 17.2 Å². The Labute approximate surface area is 204 Å². The molecule has 3 aliphatic rings. The number of aromatic amines is 1. The molecule has 0 aromatic carbocycles. The SMILES string of the molecule is N#Cc1ccc(-c2cc(NC3C4CCC(CC4)C3C(=O)O)nc(-c3c[nH]c4ncc(Cl)nc34)n2)o1. The van der Waals surface area contributed by atoms with E-state index in [9.17, 15) is 15.2 Å². The summed E-state index contributed by atoms with van der Waals surface area (Å²) < 4.78 is 5.62. The first-order valence-corrected chi connectivity index (χ1v) is 11.8. The van der Waals surface area contributed by atoms with E-state index < -0.39 is 11.9 Å². The maximum absolute atomic E-state index is 12.2. The number of halogens is 1. The number of rotatable bonds is 5. The molecule has 35 heavy (non-hydrogen) atoms. The number of nitriles is 1. The summed E-state index contributed by atoms with van der Waals surface area (Å²) in [5.74, 6) is 0.545. The Hall–Kier alpha value is -3.97. The van der Waals surface area contributed by atoms with Gasteiger partial charge in [0.1, 0.15) is 28.3 Å². The first-order valence-electron chi connectivity index (χ1n) is 11.4. The number of carbonyl (C=O) groups is 1. The van der Waals surface area contributed by atoms with Crippen molar-refractivity contribution in [2.45, 2.75) is 31.7 Å². The largest absolute Gasteiger partial charge is 0.481 e. The van der Waals surface area contributed by atoms with E-state index in [2.05, 4.69) is 25.3 Å². The van der Waals surface area contributed by atoms with Crippen LogP contribution in [0.25, 0.3) is 34.0 Å². The number of hydrogen-bond acceptors (Lipinski definition) is 8. The zero-order valence-electron chi connectivity index (χ0n) is 18.4. The fraction of sp³-hybridized carbons (Fsp3) is 0.333. The van der Waals surface area contributed by atoms with Gasteiger partial charge in [-0.15, -0.1) is 0 Å². The predicted octanol–water partition coefficient (Wildman–Crippen LogP) is 4.50. The van der Waals surface area contributed by atoms with Crippen LogP contribution in [0.1, 0.15) is 31.4 Å². The third kappa shape index (κ3) is 3.78. The Morgan fingerprint density at radius 1 is 1.20 bits per heavy atom. The Morgan fingerprint density at radius 3 is 2.74 bits per heavy atom. The summed E-state index contributed by atoms with van der Waals surface area (Å²) in [6.45, 7) is 0. The number of fused-ring (bicyclic) bond motifs is 4. The van der Waals surface area contributed by atoms with Crippen LogP contribution in [0.2, 0.25) is 5.15 Å². The van der Waals surface area contributed by atoms with Gasteiger partial charge in [-0.3, -0.25) is 4.79 Å². The lowest BCUT2D eigenvalue weighted by Crippen LogP contribution is -2.51. The van der Waals surface area contributed by atoms with Crippen LogP contribution in [0, 0.1) is 29.1 Å². The highest BCUT2D eigenvalue weighted by Gasteiger charge is 2.47. The standard InChI is InChI=1S/C24H20ClN7O3/c25-17-10-28-23-21(30-17)14(9-27-23)22-29-15(16-6-5-13(8-26)35-16)7-18(32-22)31-20-12-3-1-11(2-4-12)19(20)24(33)34/h5-7,9-12,19-20H,1-4H2,(H,27,28)(H,33,34)(H,29,31,32). The van der Waals surface area contributed by atoms with Crippen molar-refractivity contribution < 1.29 is 14.3 Å². The van der Waals surface area contributed by atoms with Crippen molar-refractivity contribution in [1.29, 1.82) is 5.26 Å². The Kier molecular flexibility index (Phi) is 5.15. The molecule has 4 heterocycles. The average Bonchev–Trinajstić information content (AvgIpc) is 3.51. The molecule has 2 atom stereocenters. The van der Waals surface area contributed by atoms with Gasteiger partial charge in [0.05, 0.1) is 17.7 Å². The monoisotopic (exact) mass is 489 g/mol. The lowest BCUT2D eigenvalue weighted by Gasteiger charge is -2.47. The van der Waals surface area contributed by atoms with E-state index in [1.807, 2.05) is 6.07 Å². The number of nitrogens with one attached hydrogen (secondary N) is 2. The summed E-state index contributed by atoms with van der Waals surface area (Å²) in [5, 5.41) is 22.8. The van der Waals surface area contributed by atoms with Crippen molar-refractivity contribution in [3.8, 4) is 28.9 Å². The van der Waals surface area contributed by atoms with Gasteiger partial charge >= 0.3 is 5.97 Å². The van der Waals surface area contributed by atoms with Crippen molar-refractivity contribution in [1.82, 2.24) is 24.9 Å². The molecule has 0 saturated heterocycles. The molecule has 2 unspecified atom stereocenters. The van der Waals surface area contributed by atoms with Crippen LogP contribution in [-0.2, 0) is 4.79 Å². The summed E-state index contributed by atoms with van der Waals surface area (Å²) in [7, 11) is 0. The van der Waals surface area contributed by atoms with Crippen LogP contribution in [0.4, 0.5) is 5.82 Å². The maximum atomic E-state index is 12.2. The highest BCUT2D eigenvalue weighted by atomic mass is 35.5. The number of hydrogen-bond donors (Lipinski definition) is 3. The maximum Gasteiger partial charge on any atom is 0.308 e. The molecule has 3 aliphatic carbocycles. The second-order valence-corrected chi connectivity index (χ2v) is 9.43. The number of anilines is 1. The number of nitrogens with zero attached hydrogens (tertiary/aromatic N) is 5. The molecule has 0 spiro atoms. The fourth-order valence-corrected chi connectivity index (χ4v) is 5.66. The van der Waals surface area contributed by atoms with Gasteiger partial charge in [-0.05, 0) is 49.7 Å². The lowest BCUT2D eigenvalue weighted by atomic mass is 9.61. The zero-order valence-corrected chi connectivity index (χ0v) is 19.2. The van der Waals surface area contributed by atoms with E-state index in [4.69, 9.17) is 21.0 Å². The summed E-state index contributed by atoms with van der Waals surface area (Å²) in [5.41, 5.74) is 2.09. The van der Waals surface area contributed by atoms with Gasteiger partial charge in [0, 0.05) is 18.3 Å². The van der Waals surface area contributed by atoms with E-state index in [0.717, 1.165) is 25.7 Å². The minimum atomic E-state index is -0.780. The number of aliphatic carboxylic acids is 1. The third-order valence-corrected chi connectivity index (χ3v) is 7.29. The highest BCUT2D eigenvalue weighted by Crippen LogP contribution is 2.46. The van der Waals surface area contributed by atoms with Crippen molar-refractivity contribution in [3.63, 3.8) is 0 Å². The Balaban J connectivity index is 1.46. The summed E-state index contributed by atoms with van der Waals surface area (Å²) in [4.78, 5) is 33.2. The quantitative estimate of drug-likeness (QED) is 0.367. The number of furan rings is 1. The molecule has 0 radical (unpaired) electrons. The topological polar surface area (TPSA) is 154 Å². The van der Waals surface area contributed by atoms with Crippen molar-refractivity contribution in [3.05, 3.63) is 41.5 Å². The smallest absolute Gasteiger partial charge is 0.308 e. The van der Waals surface area contributed by atoms with E-state index >= 15 is 0 Å². The first kappa shape index (κ1) is 21.6. The molecular formula is C24H20ClN7O3. The number of carboxylic acid groups (broad SMARTS) is 1. The molecule has 4 aromatic rings. The van der Waals surface area contributed by atoms with E-state index in [0.29, 0.717) is 39.8 Å². The molecule has 2 bridgehead atoms. The molecule has 10 nitrogen and oxygen atoms in total. The van der Waals surface area contributed by atoms with Gasteiger partial charge < -0.3 is 19.8 Å². The molecule has 11 heteroatoms. The van der Waals surface area contributed by atoms with Gasteiger partial charge in [0.25, 0.3) is 0 Å². The molecule has 0 aliphatic heterocycles. The van der Waals surface area contributed by atoms with Crippen LogP contribution >= 0.6 is 11.6 Å². The van der Waals surface area contributed by atoms with Crippen molar-refractivity contribution in [2.75, 3.05) is 5.32 Å². The predicted molar refractivity (Wildman–Crippen MR) is 126 cm³/mol. The second kappa shape index (κ2) is 8.36. The lowest BCUT2D eigenvalue weighted by molar-refractivity contribution is -0.148. The van der Waals surface area contributed by atoms with Gasteiger partial charge in [-0.25, -0.2) is 19.9 Å². The van der Waals surface area contributed by atoms with Crippen LogP contribution in [0.15, 0.2) is 35.0 Å². The normalized spacial score (nSPS) is 23.3. The third-order valence-electron chi connectivity index (χ3n) is 7.11. The van der Waals surface area contributed by atoms with E-state index in [1.165, 1.54) is 6.20 Å². The fourth-order valence-electron chi connectivity index (χ4n) is 5.53. The average molecular weight is 490 g/mol. The number of carboxylic acids is 1. The van der Waals surface area contributed by atoms with Crippen molar-refractivity contribution >= 4 is 34.6 Å². The molecule has 7 rings (SSSR count). The molecule has 3 fully saturated rings. The minimum absolute atomic E-state index is 0.157. The Morgan fingerprint density at radius 2 is 2.00 bits per heavy atom.